The smallest absolute Gasteiger partial charge is 0.493 e. The molecule has 0 N–H and O–H groups in total. The van der Waals surface area contributed by atoms with Gasteiger partial charge in [-0.1, -0.05) is 0 Å². The first-order valence-corrected chi connectivity index (χ1v) is 4.20. The molecule has 0 bridgehead atoms. The normalized spacial score (nSPS) is 11.5. The van der Waals surface area contributed by atoms with Crippen LogP contribution in [-0.4, -0.2) is 20.1 Å². The fourth-order valence-electron chi connectivity index (χ4n) is 1.04. The molecule has 0 unspecified atom stereocenters. The van der Waals surface area contributed by atoms with Crippen LogP contribution in [0.15, 0.2) is 18.2 Å². The van der Waals surface area contributed by atoms with E-state index < -0.39 is 18.7 Å². The van der Waals surface area contributed by atoms with Gasteiger partial charge in [-0.15, -0.1) is 13.2 Å². The minimum Gasteiger partial charge on any atom is -0.493 e. The third-order valence-corrected chi connectivity index (χ3v) is 1.58. The second-order valence-corrected chi connectivity index (χ2v) is 2.74. The van der Waals surface area contributed by atoms with E-state index in [1.54, 1.807) is 0 Å². The van der Waals surface area contributed by atoms with Crippen molar-refractivity contribution < 1.29 is 36.2 Å². The Morgan fingerprint density at radius 3 is 2.24 bits per heavy atom. The van der Waals surface area contributed by atoms with Gasteiger partial charge in [-0.2, -0.15) is 8.78 Å². The maximum absolute atomic E-state index is 11.9. The van der Waals surface area contributed by atoms with Gasteiger partial charge in [-0.25, -0.2) is 0 Å². The van der Waals surface area contributed by atoms with Crippen molar-refractivity contribution in [3.8, 4) is 17.2 Å². The molecular weight excluding hydrogens is 251 g/mol. The molecule has 0 spiro atoms. The molecule has 0 radical (unpaired) electrons. The zero-order chi connectivity index (χ0) is 13.1. The van der Waals surface area contributed by atoms with Crippen LogP contribution in [0.2, 0.25) is 0 Å². The van der Waals surface area contributed by atoms with Crippen LogP contribution in [0, 0.1) is 0 Å². The molecule has 3 nitrogen and oxygen atoms in total. The third kappa shape index (κ3) is 4.33. The SMILES string of the molecule is COc1cc(OC(F)(F)F)ccc1OC(F)F. The van der Waals surface area contributed by atoms with Crippen LogP contribution in [0.4, 0.5) is 22.0 Å². The molecular formula is C9H7F5O3. The number of rotatable bonds is 4. The standard InChI is InChI=1S/C9H7F5O3/c1-15-7-4-5(17-9(12,13)14)2-3-6(7)16-8(10)11/h2-4,8H,1H3. The van der Waals surface area contributed by atoms with Crippen molar-refractivity contribution in [1.29, 1.82) is 0 Å². The van der Waals surface area contributed by atoms with Gasteiger partial charge >= 0.3 is 13.0 Å². The van der Waals surface area contributed by atoms with Crippen molar-refractivity contribution in [2.75, 3.05) is 7.11 Å². The summed E-state index contributed by atoms with van der Waals surface area (Å²) < 4.78 is 71.7. The molecule has 0 saturated heterocycles. The average Bonchev–Trinajstić information content (AvgIpc) is 2.17. The second-order valence-electron chi connectivity index (χ2n) is 2.74. The predicted octanol–water partition coefficient (Wildman–Crippen LogP) is 3.20. The van der Waals surface area contributed by atoms with Crippen molar-refractivity contribution in [3.05, 3.63) is 18.2 Å². The Labute approximate surface area is 92.7 Å². The Bertz CT molecular complexity index is 377. The zero-order valence-corrected chi connectivity index (χ0v) is 8.42. The Morgan fingerprint density at radius 1 is 1.12 bits per heavy atom. The van der Waals surface area contributed by atoms with Crippen molar-refractivity contribution in [1.82, 2.24) is 0 Å². The van der Waals surface area contributed by atoms with Crippen LogP contribution in [0.5, 0.6) is 17.2 Å². The van der Waals surface area contributed by atoms with E-state index in [1.807, 2.05) is 0 Å². The van der Waals surface area contributed by atoms with Crippen LogP contribution in [0.1, 0.15) is 0 Å². The predicted molar refractivity (Wildman–Crippen MR) is 46.3 cm³/mol. The largest absolute Gasteiger partial charge is 0.573 e. The van der Waals surface area contributed by atoms with Crippen LogP contribution in [0.25, 0.3) is 0 Å². The molecule has 1 rings (SSSR count). The molecule has 0 aliphatic rings. The maximum Gasteiger partial charge on any atom is 0.573 e. The summed E-state index contributed by atoms with van der Waals surface area (Å²) in [6.07, 6.45) is -4.86. The Hall–Kier alpha value is -1.73. The molecule has 0 aromatic heterocycles. The fraction of sp³-hybridized carbons (Fsp3) is 0.333. The Balaban J connectivity index is 2.92. The van der Waals surface area contributed by atoms with E-state index in [2.05, 4.69) is 14.2 Å². The van der Waals surface area contributed by atoms with Gasteiger partial charge in [0.05, 0.1) is 7.11 Å². The number of halogens is 5. The molecule has 1 aromatic rings. The van der Waals surface area contributed by atoms with Gasteiger partial charge in [-0.05, 0) is 12.1 Å². The molecule has 0 heterocycles. The Morgan fingerprint density at radius 2 is 1.76 bits per heavy atom. The maximum atomic E-state index is 11.9. The lowest BCUT2D eigenvalue weighted by molar-refractivity contribution is -0.274. The van der Waals surface area contributed by atoms with Crippen molar-refractivity contribution in [3.63, 3.8) is 0 Å². The summed E-state index contributed by atoms with van der Waals surface area (Å²) in [6, 6.07) is 2.53. The van der Waals surface area contributed by atoms with E-state index in [9.17, 15) is 22.0 Å². The molecule has 1 aromatic carbocycles. The first kappa shape index (κ1) is 13.3. The second kappa shape index (κ2) is 5.07. The van der Waals surface area contributed by atoms with E-state index in [-0.39, 0.29) is 11.5 Å². The van der Waals surface area contributed by atoms with Crippen LogP contribution < -0.4 is 14.2 Å². The van der Waals surface area contributed by atoms with Crippen LogP contribution in [0.3, 0.4) is 0 Å². The van der Waals surface area contributed by atoms with Crippen LogP contribution >= 0.6 is 0 Å². The lowest BCUT2D eigenvalue weighted by Crippen LogP contribution is -2.17. The number of ether oxygens (including phenoxy) is 3. The van der Waals surface area contributed by atoms with Gasteiger partial charge in [-0.3, -0.25) is 0 Å². The van der Waals surface area contributed by atoms with Crippen molar-refractivity contribution in [2.24, 2.45) is 0 Å². The minimum atomic E-state index is -4.86. The van der Waals surface area contributed by atoms with E-state index >= 15 is 0 Å². The summed E-state index contributed by atoms with van der Waals surface area (Å²) in [7, 11) is 1.10. The number of hydrogen-bond donors (Lipinski definition) is 0. The van der Waals surface area contributed by atoms with Crippen LogP contribution in [-0.2, 0) is 0 Å². The lowest BCUT2D eigenvalue weighted by Gasteiger charge is -2.13. The van der Waals surface area contributed by atoms with E-state index in [1.165, 1.54) is 0 Å². The highest BCUT2D eigenvalue weighted by Crippen LogP contribution is 2.34. The van der Waals surface area contributed by atoms with Gasteiger partial charge in [0.25, 0.3) is 0 Å². The molecule has 0 aliphatic carbocycles. The number of alkyl halides is 5. The summed E-state index contributed by atoms with van der Waals surface area (Å²) in [5, 5.41) is 0. The van der Waals surface area contributed by atoms with Gasteiger partial charge < -0.3 is 14.2 Å². The zero-order valence-electron chi connectivity index (χ0n) is 8.42. The fourth-order valence-corrected chi connectivity index (χ4v) is 1.04. The molecule has 0 atom stereocenters. The quantitative estimate of drug-likeness (QED) is 0.776. The summed E-state index contributed by atoms with van der Waals surface area (Å²) in [5.74, 6) is -1.25. The molecule has 17 heavy (non-hydrogen) atoms. The average molecular weight is 258 g/mol. The minimum absolute atomic E-state index is 0.285. The van der Waals surface area contributed by atoms with Gasteiger partial charge in [0.2, 0.25) is 0 Å². The summed E-state index contributed by atoms with van der Waals surface area (Å²) in [6.45, 7) is -3.10. The topological polar surface area (TPSA) is 27.7 Å². The van der Waals surface area contributed by atoms with Crippen molar-refractivity contribution >= 4 is 0 Å². The molecule has 0 saturated carbocycles. The molecule has 0 fully saturated rings. The van der Waals surface area contributed by atoms with E-state index in [0.717, 1.165) is 25.3 Å². The lowest BCUT2D eigenvalue weighted by atomic mass is 10.3. The molecule has 96 valence electrons. The first-order chi connectivity index (χ1) is 7.81. The summed E-state index contributed by atoms with van der Waals surface area (Å²) in [4.78, 5) is 0. The monoisotopic (exact) mass is 258 g/mol. The highest BCUT2D eigenvalue weighted by Gasteiger charge is 2.31. The van der Waals surface area contributed by atoms with E-state index in [0.29, 0.717) is 0 Å². The van der Waals surface area contributed by atoms with Gasteiger partial charge in [0.15, 0.2) is 11.5 Å². The number of hydrogen-bond acceptors (Lipinski definition) is 3. The summed E-state index contributed by atoms with van der Waals surface area (Å²) >= 11 is 0. The van der Waals surface area contributed by atoms with Gasteiger partial charge in [0, 0.05) is 6.07 Å². The Kier molecular flexibility index (Phi) is 3.97. The highest BCUT2D eigenvalue weighted by molar-refractivity contribution is 5.45. The number of benzene rings is 1. The summed E-state index contributed by atoms with van der Waals surface area (Å²) in [5.41, 5.74) is 0. The molecule has 8 heteroatoms. The molecule has 0 aliphatic heterocycles. The van der Waals surface area contributed by atoms with E-state index in [4.69, 9.17) is 0 Å². The van der Waals surface area contributed by atoms with Crippen molar-refractivity contribution in [2.45, 2.75) is 13.0 Å². The third-order valence-electron chi connectivity index (χ3n) is 1.58. The molecule has 0 amide bonds. The first-order valence-electron chi connectivity index (χ1n) is 4.20. The number of methoxy groups -OCH3 is 1. The highest BCUT2D eigenvalue weighted by atomic mass is 19.4. The van der Waals surface area contributed by atoms with Gasteiger partial charge in [0.1, 0.15) is 5.75 Å².